The lowest BCUT2D eigenvalue weighted by molar-refractivity contribution is 0.0697. The summed E-state index contributed by atoms with van der Waals surface area (Å²) in [5, 5.41) is 8.90. The molecule has 0 saturated heterocycles. The lowest BCUT2D eigenvalue weighted by Gasteiger charge is -2.10. The minimum absolute atomic E-state index is 0.164. The molecule has 2 aromatic rings. The Hall–Kier alpha value is -2.49. The molecule has 0 fully saturated rings. The van der Waals surface area contributed by atoms with Crippen molar-refractivity contribution >= 4 is 11.7 Å². The summed E-state index contributed by atoms with van der Waals surface area (Å²) in [4.78, 5) is 10.9. The molecule has 0 radical (unpaired) electrons. The van der Waals surface area contributed by atoms with E-state index in [1.54, 1.807) is 6.07 Å². The van der Waals surface area contributed by atoms with Gasteiger partial charge < -0.3 is 15.6 Å². The highest BCUT2D eigenvalue weighted by Gasteiger charge is 2.11. The Labute approximate surface area is 123 Å². The molecular formula is C17H17NO3. The van der Waals surface area contributed by atoms with Crippen LogP contribution in [0.15, 0.2) is 36.4 Å². The molecule has 4 nitrogen and oxygen atoms in total. The van der Waals surface area contributed by atoms with E-state index in [-0.39, 0.29) is 5.56 Å². The van der Waals surface area contributed by atoms with E-state index in [0.29, 0.717) is 18.0 Å². The number of ether oxygens (including phenoxy) is 1. The van der Waals surface area contributed by atoms with E-state index in [0.717, 1.165) is 12.0 Å². The number of anilines is 1. The highest BCUT2D eigenvalue weighted by atomic mass is 16.5. The van der Waals surface area contributed by atoms with E-state index in [2.05, 4.69) is 18.2 Å². The molecule has 0 bridgehead atoms. The third kappa shape index (κ3) is 2.84. The molecule has 0 aromatic heterocycles. The van der Waals surface area contributed by atoms with Crippen molar-refractivity contribution in [1.29, 1.82) is 0 Å². The maximum Gasteiger partial charge on any atom is 0.335 e. The number of aryl methyl sites for hydroxylation is 2. The van der Waals surface area contributed by atoms with E-state index < -0.39 is 5.97 Å². The first-order valence-electron chi connectivity index (χ1n) is 7.00. The molecule has 0 amide bonds. The summed E-state index contributed by atoms with van der Waals surface area (Å²) in [6, 6.07) is 10.9. The van der Waals surface area contributed by atoms with Crippen LogP contribution in [0.2, 0.25) is 0 Å². The summed E-state index contributed by atoms with van der Waals surface area (Å²) in [5.74, 6) is -0.479. The SMILES string of the molecule is Nc1cc(C(=O)O)ccc1OCc1ccc2c(c1)CCC2. The van der Waals surface area contributed by atoms with Crippen LogP contribution in [-0.4, -0.2) is 11.1 Å². The molecule has 0 atom stereocenters. The van der Waals surface area contributed by atoms with Gasteiger partial charge >= 0.3 is 5.97 Å². The van der Waals surface area contributed by atoms with Crippen LogP contribution in [0.1, 0.15) is 33.5 Å². The van der Waals surface area contributed by atoms with Crippen LogP contribution in [0, 0.1) is 0 Å². The van der Waals surface area contributed by atoms with Crippen LogP contribution >= 0.6 is 0 Å². The standard InChI is InChI=1S/C17H17NO3/c18-15-9-14(17(19)20)6-7-16(15)21-10-11-4-5-12-2-1-3-13(12)8-11/h4-9H,1-3,10,18H2,(H,19,20). The highest BCUT2D eigenvalue weighted by Crippen LogP contribution is 2.26. The van der Waals surface area contributed by atoms with Gasteiger partial charge in [0.25, 0.3) is 0 Å². The fourth-order valence-corrected chi connectivity index (χ4v) is 2.69. The number of aromatic carboxylic acids is 1. The van der Waals surface area contributed by atoms with Crippen LogP contribution in [-0.2, 0) is 19.4 Å². The zero-order chi connectivity index (χ0) is 14.8. The Bertz CT molecular complexity index is 694. The average Bonchev–Trinajstić information content (AvgIpc) is 2.93. The maximum absolute atomic E-state index is 10.9. The van der Waals surface area contributed by atoms with Gasteiger partial charge in [0, 0.05) is 0 Å². The summed E-state index contributed by atoms with van der Waals surface area (Å²) in [5.41, 5.74) is 10.3. The minimum atomic E-state index is -0.994. The molecular weight excluding hydrogens is 266 g/mol. The van der Waals surface area contributed by atoms with Gasteiger partial charge in [0.1, 0.15) is 12.4 Å². The number of hydrogen-bond acceptors (Lipinski definition) is 3. The number of nitrogen functional groups attached to an aromatic ring is 1. The fraction of sp³-hybridized carbons (Fsp3) is 0.235. The molecule has 3 rings (SSSR count). The van der Waals surface area contributed by atoms with E-state index >= 15 is 0 Å². The molecule has 0 heterocycles. The summed E-state index contributed by atoms with van der Waals surface area (Å²) >= 11 is 0. The maximum atomic E-state index is 10.9. The molecule has 0 spiro atoms. The third-order valence-corrected chi connectivity index (χ3v) is 3.81. The van der Waals surface area contributed by atoms with Gasteiger partial charge in [0.15, 0.2) is 0 Å². The predicted octanol–water partition coefficient (Wildman–Crippen LogP) is 3.03. The number of carboxylic acid groups (broad SMARTS) is 1. The van der Waals surface area contributed by atoms with Crippen molar-refractivity contribution in [3.63, 3.8) is 0 Å². The number of hydrogen-bond donors (Lipinski definition) is 2. The highest BCUT2D eigenvalue weighted by molar-refractivity contribution is 5.89. The van der Waals surface area contributed by atoms with Crippen LogP contribution in [0.5, 0.6) is 5.75 Å². The summed E-state index contributed by atoms with van der Waals surface area (Å²) in [6.45, 7) is 0.434. The van der Waals surface area contributed by atoms with Gasteiger partial charge in [-0.15, -0.1) is 0 Å². The number of rotatable bonds is 4. The van der Waals surface area contributed by atoms with Crippen LogP contribution in [0.4, 0.5) is 5.69 Å². The second kappa shape index (κ2) is 5.48. The van der Waals surface area contributed by atoms with Gasteiger partial charge in [-0.2, -0.15) is 0 Å². The van der Waals surface area contributed by atoms with Crippen LogP contribution in [0.3, 0.4) is 0 Å². The van der Waals surface area contributed by atoms with Crippen molar-refractivity contribution < 1.29 is 14.6 Å². The van der Waals surface area contributed by atoms with Gasteiger partial charge in [-0.25, -0.2) is 4.79 Å². The minimum Gasteiger partial charge on any atom is -0.487 e. The van der Waals surface area contributed by atoms with Gasteiger partial charge in [-0.05, 0) is 54.2 Å². The second-order valence-electron chi connectivity index (χ2n) is 5.30. The van der Waals surface area contributed by atoms with Gasteiger partial charge in [0.05, 0.1) is 11.3 Å². The predicted molar refractivity (Wildman–Crippen MR) is 80.6 cm³/mol. The molecule has 0 saturated carbocycles. The first kappa shape index (κ1) is 13.5. The first-order valence-corrected chi connectivity index (χ1v) is 7.00. The van der Waals surface area contributed by atoms with Crippen molar-refractivity contribution in [2.45, 2.75) is 25.9 Å². The molecule has 1 aliphatic rings. The molecule has 1 aliphatic carbocycles. The molecule has 4 heteroatoms. The third-order valence-electron chi connectivity index (χ3n) is 3.81. The number of carbonyl (C=O) groups is 1. The molecule has 0 unspecified atom stereocenters. The Morgan fingerprint density at radius 2 is 1.95 bits per heavy atom. The molecule has 108 valence electrons. The molecule has 21 heavy (non-hydrogen) atoms. The fourth-order valence-electron chi connectivity index (χ4n) is 2.69. The Morgan fingerprint density at radius 1 is 1.14 bits per heavy atom. The Balaban J connectivity index is 1.71. The Morgan fingerprint density at radius 3 is 2.71 bits per heavy atom. The quantitative estimate of drug-likeness (QED) is 0.846. The second-order valence-corrected chi connectivity index (χ2v) is 5.30. The summed E-state index contributed by atoms with van der Waals surface area (Å²) in [7, 11) is 0. The smallest absolute Gasteiger partial charge is 0.335 e. The van der Waals surface area contributed by atoms with Gasteiger partial charge in [-0.1, -0.05) is 18.2 Å². The van der Waals surface area contributed by atoms with Crippen molar-refractivity contribution in [3.8, 4) is 5.75 Å². The van der Waals surface area contributed by atoms with E-state index in [4.69, 9.17) is 15.6 Å². The van der Waals surface area contributed by atoms with Gasteiger partial charge in [0.2, 0.25) is 0 Å². The largest absolute Gasteiger partial charge is 0.487 e. The zero-order valence-corrected chi connectivity index (χ0v) is 11.6. The average molecular weight is 283 g/mol. The number of carboxylic acids is 1. The number of nitrogens with two attached hydrogens (primary N) is 1. The first-order chi connectivity index (χ1) is 10.1. The van der Waals surface area contributed by atoms with E-state index in [9.17, 15) is 4.79 Å². The van der Waals surface area contributed by atoms with E-state index in [1.165, 1.54) is 36.1 Å². The molecule has 2 aromatic carbocycles. The molecule has 0 aliphatic heterocycles. The molecule has 3 N–H and O–H groups in total. The van der Waals surface area contributed by atoms with Gasteiger partial charge in [-0.3, -0.25) is 0 Å². The summed E-state index contributed by atoms with van der Waals surface area (Å²) < 4.78 is 5.70. The van der Waals surface area contributed by atoms with Crippen molar-refractivity contribution in [1.82, 2.24) is 0 Å². The van der Waals surface area contributed by atoms with Crippen molar-refractivity contribution in [2.24, 2.45) is 0 Å². The van der Waals surface area contributed by atoms with Crippen molar-refractivity contribution in [2.75, 3.05) is 5.73 Å². The van der Waals surface area contributed by atoms with Crippen LogP contribution in [0.25, 0.3) is 0 Å². The number of fused-ring (bicyclic) bond motifs is 1. The topological polar surface area (TPSA) is 72.6 Å². The Kier molecular flexibility index (Phi) is 3.52. The van der Waals surface area contributed by atoms with E-state index in [1.807, 2.05) is 0 Å². The summed E-state index contributed by atoms with van der Waals surface area (Å²) in [6.07, 6.45) is 3.53. The number of benzene rings is 2. The van der Waals surface area contributed by atoms with Crippen LogP contribution < -0.4 is 10.5 Å². The normalized spacial score (nSPS) is 13.0. The lowest BCUT2D eigenvalue weighted by atomic mass is 10.1. The monoisotopic (exact) mass is 283 g/mol. The lowest BCUT2D eigenvalue weighted by Crippen LogP contribution is -2.02. The zero-order valence-electron chi connectivity index (χ0n) is 11.6. The van der Waals surface area contributed by atoms with Crippen molar-refractivity contribution in [3.05, 3.63) is 58.7 Å².